The quantitative estimate of drug-likeness (QED) is 0.863. The molecule has 5 heteroatoms. The highest BCUT2D eigenvalue weighted by Gasteiger charge is 2.12. The second kappa shape index (κ2) is 6.96. The molecule has 23 heavy (non-hydrogen) atoms. The van der Waals surface area contributed by atoms with Gasteiger partial charge in [-0.2, -0.15) is 0 Å². The zero-order valence-corrected chi connectivity index (χ0v) is 12.4. The molecule has 0 saturated carbocycles. The first kappa shape index (κ1) is 15.1. The highest BCUT2D eigenvalue weighted by Crippen LogP contribution is 2.32. The maximum absolute atomic E-state index is 12.8. The van der Waals surface area contributed by atoms with Crippen molar-refractivity contribution in [1.29, 1.82) is 0 Å². The van der Waals surface area contributed by atoms with E-state index in [1.807, 2.05) is 18.2 Å². The molecule has 0 aliphatic carbocycles. The molecule has 0 bridgehead atoms. The Bertz CT molecular complexity index is 726. The van der Waals surface area contributed by atoms with Gasteiger partial charge in [0.05, 0.1) is 0 Å². The molecule has 1 amide bonds. The molecule has 0 unspecified atom stereocenters. The van der Waals surface area contributed by atoms with E-state index in [4.69, 9.17) is 9.47 Å². The molecule has 118 valence electrons. The summed E-state index contributed by atoms with van der Waals surface area (Å²) < 4.78 is 23.3. The first-order chi connectivity index (χ1) is 11.2. The lowest BCUT2D eigenvalue weighted by molar-refractivity contribution is -0.116. The zero-order valence-electron chi connectivity index (χ0n) is 12.4. The maximum atomic E-state index is 12.8. The standard InChI is InChI=1S/C18H16FNO3/c19-15-5-1-13(2-6-15)9-10-20-18(21)8-4-14-3-7-16-17(11-14)23-12-22-16/h1-8,11H,9-10,12H2,(H,20,21). The summed E-state index contributed by atoms with van der Waals surface area (Å²) in [6, 6.07) is 11.7. The highest BCUT2D eigenvalue weighted by atomic mass is 19.1. The van der Waals surface area contributed by atoms with Crippen LogP contribution in [-0.4, -0.2) is 19.2 Å². The summed E-state index contributed by atoms with van der Waals surface area (Å²) in [7, 11) is 0. The van der Waals surface area contributed by atoms with E-state index >= 15 is 0 Å². The number of carbonyl (C=O) groups is 1. The molecule has 1 aliphatic rings. The third-order valence-electron chi connectivity index (χ3n) is 3.45. The lowest BCUT2D eigenvalue weighted by Gasteiger charge is -2.03. The Balaban J connectivity index is 1.48. The second-order valence-electron chi connectivity index (χ2n) is 5.11. The van der Waals surface area contributed by atoms with Crippen LogP contribution in [-0.2, 0) is 11.2 Å². The molecule has 2 aromatic carbocycles. The second-order valence-corrected chi connectivity index (χ2v) is 5.11. The number of rotatable bonds is 5. The number of ether oxygens (including phenoxy) is 2. The topological polar surface area (TPSA) is 47.6 Å². The van der Waals surface area contributed by atoms with Crippen molar-refractivity contribution in [3.63, 3.8) is 0 Å². The predicted molar refractivity (Wildman–Crippen MR) is 84.7 cm³/mol. The molecule has 0 radical (unpaired) electrons. The van der Waals surface area contributed by atoms with Gasteiger partial charge < -0.3 is 14.8 Å². The van der Waals surface area contributed by atoms with Crippen LogP contribution in [0.25, 0.3) is 6.08 Å². The number of carbonyl (C=O) groups excluding carboxylic acids is 1. The molecule has 0 atom stereocenters. The molecule has 0 spiro atoms. The van der Waals surface area contributed by atoms with Gasteiger partial charge in [0.25, 0.3) is 0 Å². The third-order valence-corrected chi connectivity index (χ3v) is 3.45. The van der Waals surface area contributed by atoms with Crippen molar-refractivity contribution in [1.82, 2.24) is 5.32 Å². The van der Waals surface area contributed by atoms with E-state index in [0.717, 1.165) is 11.1 Å². The van der Waals surface area contributed by atoms with Gasteiger partial charge >= 0.3 is 0 Å². The molecule has 1 heterocycles. The number of fused-ring (bicyclic) bond motifs is 1. The summed E-state index contributed by atoms with van der Waals surface area (Å²) in [4.78, 5) is 11.8. The Labute approximate surface area is 133 Å². The summed E-state index contributed by atoms with van der Waals surface area (Å²) in [5.74, 6) is 0.962. The summed E-state index contributed by atoms with van der Waals surface area (Å²) in [6.45, 7) is 0.725. The van der Waals surface area contributed by atoms with Crippen molar-refractivity contribution in [2.45, 2.75) is 6.42 Å². The highest BCUT2D eigenvalue weighted by molar-refractivity contribution is 5.91. The molecule has 1 N–H and O–H groups in total. The largest absolute Gasteiger partial charge is 0.454 e. The number of benzene rings is 2. The maximum Gasteiger partial charge on any atom is 0.244 e. The van der Waals surface area contributed by atoms with Gasteiger partial charge in [-0.15, -0.1) is 0 Å². The van der Waals surface area contributed by atoms with Gasteiger partial charge in [-0.3, -0.25) is 4.79 Å². The molecule has 3 rings (SSSR count). The van der Waals surface area contributed by atoms with Crippen LogP contribution in [0.1, 0.15) is 11.1 Å². The minimum atomic E-state index is -0.260. The summed E-state index contributed by atoms with van der Waals surface area (Å²) in [5, 5.41) is 2.79. The minimum absolute atomic E-state index is 0.176. The Morgan fingerprint density at radius 1 is 1.13 bits per heavy atom. The average Bonchev–Trinajstić information content (AvgIpc) is 3.02. The van der Waals surface area contributed by atoms with Crippen molar-refractivity contribution in [2.24, 2.45) is 0 Å². The molecular weight excluding hydrogens is 297 g/mol. The van der Waals surface area contributed by atoms with Crippen LogP contribution in [0.3, 0.4) is 0 Å². The summed E-state index contributed by atoms with van der Waals surface area (Å²) in [6.07, 6.45) is 3.85. The van der Waals surface area contributed by atoms with Crippen LogP contribution in [0.4, 0.5) is 4.39 Å². The summed E-state index contributed by atoms with van der Waals surface area (Å²) in [5.41, 5.74) is 1.84. The molecule has 0 aromatic heterocycles. The number of hydrogen-bond donors (Lipinski definition) is 1. The molecule has 1 aliphatic heterocycles. The van der Waals surface area contributed by atoms with E-state index in [0.29, 0.717) is 24.5 Å². The van der Waals surface area contributed by atoms with Crippen molar-refractivity contribution in [3.05, 3.63) is 65.5 Å². The van der Waals surface area contributed by atoms with Crippen LogP contribution >= 0.6 is 0 Å². The van der Waals surface area contributed by atoms with Crippen LogP contribution in [0.5, 0.6) is 11.5 Å². The van der Waals surface area contributed by atoms with Crippen LogP contribution in [0.15, 0.2) is 48.5 Å². The van der Waals surface area contributed by atoms with Gasteiger partial charge in [0.15, 0.2) is 11.5 Å². The zero-order chi connectivity index (χ0) is 16.1. The normalized spacial score (nSPS) is 12.6. The van der Waals surface area contributed by atoms with Crippen molar-refractivity contribution < 1.29 is 18.7 Å². The summed E-state index contributed by atoms with van der Waals surface area (Å²) >= 11 is 0. The van der Waals surface area contributed by atoms with Crippen molar-refractivity contribution in [3.8, 4) is 11.5 Å². The number of hydrogen-bond acceptors (Lipinski definition) is 3. The van der Waals surface area contributed by atoms with Crippen LogP contribution < -0.4 is 14.8 Å². The first-order valence-corrected chi connectivity index (χ1v) is 7.31. The molecule has 4 nitrogen and oxygen atoms in total. The monoisotopic (exact) mass is 313 g/mol. The van der Waals surface area contributed by atoms with E-state index in [1.165, 1.54) is 18.2 Å². The molecule has 2 aromatic rings. The van der Waals surface area contributed by atoms with E-state index in [-0.39, 0.29) is 18.5 Å². The Morgan fingerprint density at radius 2 is 1.91 bits per heavy atom. The van der Waals surface area contributed by atoms with E-state index in [9.17, 15) is 9.18 Å². The smallest absolute Gasteiger partial charge is 0.244 e. The number of amides is 1. The van der Waals surface area contributed by atoms with E-state index in [2.05, 4.69) is 5.32 Å². The number of halogens is 1. The lowest BCUT2D eigenvalue weighted by atomic mass is 10.1. The minimum Gasteiger partial charge on any atom is -0.454 e. The van der Waals surface area contributed by atoms with Gasteiger partial charge in [0.2, 0.25) is 12.7 Å². The van der Waals surface area contributed by atoms with E-state index < -0.39 is 0 Å². The average molecular weight is 313 g/mol. The van der Waals surface area contributed by atoms with Crippen LogP contribution in [0.2, 0.25) is 0 Å². The SMILES string of the molecule is O=C(C=Cc1ccc2c(c1)OCO2)NCCc1ccc(F)cc1. The van der Waals surface area contributed by atoms with Gasteiger partial charge in [0.1, 0.15) is 5.82 Å². The van der Waals surface area contributed by atoms with Crippen molar-refractivity contribution in [2.75, 3.05) is 13.3 Å². The van der Waals surface area contributed by atoms with Crippen molar-refractivity contribution >= 4 is 12.0 Å². The molecule has 0 fully saturated rings. The first-order valence-electron chi connectivity index (χ1n) is 7.31. The Kier molecular flexibility index (Phi) is 4.57. The fourth-order valence-electron chi connectivity index (χ4n) is 2.23. The Hall–Kier alpha value is -2.82. The fourth-order valence-corrected chi connectivity index (χ4v) is 2.23. The fraction of sp³-hybridized carbons (Fsp3) is 0.167. The number of nitrogens with one attached hydrogen (secondary N) is 1. The Morgan fingerprint density at radius 3 is 2.74 bits per heavy atom. The lowest BCUT2D eigenvalue weighted by Crippen LogP contribution is -2.23. The molecule has 0 saturated heterocycles. The third kappa shape index (κ3) is 4.10. The van der Waals surface area contributed by atoms with Gasteiger partial charge in [0, 0.05) is 12.6 Å². The van der Waals surface area contributed by atoms with Gasteiger partial charge in [-0.1, -0.05) is 18.2 Å². The predicted octanol–water partition coefficient (Wildman–Crippen LogP) is 2.93. The van der Waals surface area contributed by atoms with Gasteiger partial charge in [-0.25, -0.2) is 4.39 Å². The molecular formula is C18H16FNO3. The van der Waals surface area contributed by atoms with Gasteiger partial charge in [-0.05, 0) is 47.9 Å². The van der Waals surface area contributed by atoms with E-state index in [1.54, 1.807) is 18.2 Å². The van der Waals surface area contributed by atoms with Crippen LogP contribution in [0, 0.1) is 5.82 Å².